The normalized spacial score (nSPS) is 11.7. The Balaban J connectivity index is 2.94. The molecule has 1 unspecified atom stereocenters. The fraction of sp³-hybridized carbons (Fsp3) is 0.533. The molecule has 1 atom stereocenters. The first-order chi connectivity index (χ1) is 9.49. The quantitative estimate of drug-likeness (QED) is 0.833. The Bertz CT molecular complexity index is 447. The molecule has 0 aromatic heterocycles. The molecule has 0 radical (unpaired) electrons. The van der Waals surface area contributed by atoms with E-state index in [0.29, 0.717) is 19.0 Å². The lowest BCUT2D eigenvalue weighted by atomic mass is 10.2. The number of hydrogen-bond acceptors (Lipinski definition) is 4. The summed E-state index contributed by atoms with van der Waals surface area (Å²) < 4.78 is 11.0. The summed E-state index contributed by atoms with van der Waals surface area (Å²) in [7, 11) is 3.47. The van der Waals surface area contributed by atoms with Crippen molar-refractivity contribution in [3.05, 3.63) is 18.2 Å². The van der Waals surface area contributed by atoms with Gasteiger partial charge in [-0.2, -0.15) is 0 Å². The first-order valence-corrected chi connectivity index (χ1v) is 6.86. The van der Waals surface area contributed by atoms with Crippen molar-refractivity contribution in [3.8, 4) is 11.5 Å². The summed E-state index contributed by atoms with van der Waals surface area (Å²) in [4.78, 5) is 13.5. The third kappa shape index (κ3) is 4.33. The molecule has 0 aliphatic heterocycles. The number of carbonyl (C=O) groups is 1. The van der Waals surface area contributed by atoms with Gasteiger partial charge in [0.2, 0.25) is 5.91 Å². The Labute approximate surface area is 120 Å². The summed E-state index contributed by atoms with van der Waals surface area (Å²) in [5.74, 6) is 1.48. The number of carbonyl (C=O) groups excluding carboxylic acids is 1. The van der Waals surface area contributed by atoms with Crippen LogP contribution in [-0.4, -0.2) is 44.2 Å². The number of likely N-dealkylation sites (N-methyl/N-ethyl adjacent to an activating group) is 1. The fourth-order valence-corrected chi connectivity index (χ4v) is 1.84. The summed E-state index contributed by atoms with van der Waals surface area (Å²) in [6.45, 7) is 6.85. The van der Waals surface area contributed by atoms with Crippen LogP contribution in [0.25, 0.3) is 0 Å². The number of amides is 1. The van der Waals surface area contributed by atoms with E-state index < -0.39 is 0 Å². The van der Waals surface area contributed by atoms with Gasteiger partial charge in [-0.25, -0.2) is 0 Å². The van der Waals surface area contributed by atoms with Crippen LogP contribution in [0.4, 0.5) is 5.69 Å². The molecule has 112 valence electrons. The molecule has 5 heteroatoms. The Morgan fingerprint density at radius 1 is 1.25 bits per heavy atom. The van der Waals surface area contributed by atoms with Gasteiger partial charge in [-0.3, -0.25) is 4.79 Å². The molecule has 1 N–H and O–H groups in total. The maximum atomic E-state index is 11.9. The molecule has 1 rings (SSSR count). The molecule has 20 heavy (non-hydrogen) atoms. The summed E-state index contributed by atoms with van der Waals surface area (Å²) >= 11 is 0. The van der Waals surface area contributed by atoms with Crippen molar-refractivity contribution in [1.82, 2.24) is 4.90 Å². The van der Waals surface area contributed by atoms with Crippen molar-refractivity contribution in [2.24, 2.45) is 0 Å². The van der Waals surface area contributed by atoms with Crippen molar-refractivity contribution in [2.45, 2.75) is 26.8 Å². The van der Waals surface area contributed by atoms with Crippen LogP contribution in [0.1, 0.15) is 20.8 Å². The molecule has 1 aromatic carbocycles. The highest BCUT2D eigenvalue weighted by molar-refractivity contribution is 5.84. The zero-order chi connectivity index (χ0) is 15.1. The van der Waals surface area contributed by atoms with E-state index in [1.165, 1.54) is 0 Å². The SMILES string of the molecule is CCOc1ccc(OCC)c(NC(C)C(=O)N(C)C)c1. The van der Waals surface area contributed by atoms with Gasteiger partial charge in [0.25, 0.3) is 0 Å². The van der Waals surface area contributed by atoms with E-state index in [4.69, 9.17) is 9.47 Å². The zero-order valence-electron chi connectivity index (χ0n) is 12.9. The predicted molar refractivity (Wildman–Crippen MR) is 80.6 cm³/mol. The van der Waals surface area contributed by atoms with Crippen LogP contribution in [0.5, 0.6) is 11.5 Å². The third-order valence-electron chi connectivity index (χ3n) is 2.75. The highest BCUT2D eigenvalue weighted by atomic mass is 16.5. The molecule has 5 nitrogen and oxygen atoms in total. The third-order valence-corrected chi connectivity index (χ3v) is 2.75. The van der Waals surface area contributed by atoms with Crippen molar-refractivity contribution in [2.75, 3.05) is 32.6 Å². The molecule has 0 saturated heterocycles. The Hall–Kier alpha value is -1.91. The number of anilines is 1. The van der Waals surface area contributed by atoms with Crippen molar-refractivity contribution < 1.29 is 14.3 Å². The van der Waals surface area contributed by atoms with Crippen LogP contribution < -0.4 is 14.8 Å². The molecule has 0 saturated carbocycles. The maximum Gasteiger partial charge on any atom is 0.244 e. The highest BCUT2D eigenvalue weighted by Crippen LogP contribution is 2.30. The van der Waals surface area contributed by atoms with E-state index in [0.717, 1.165) is 11.4 Å². The summed E-state index contributed by atoms with van der Waals surface area (Å²) in [6.07, 6.45) is 0. The summed E-state index contributed by atoms with van der Waals surface area (Å²) in [5.41, 5.74) is 0.764. The van der Waals surface area contributed by atoms with Gasteiger partial charge >= 0.3 is 0 Å². The molecular formula is C15H24N2O3. The largest absolute Gasteiger partial charge is 0.494 e. The Kier molecular flexibility index (Phi) is 6.15. The second-order valence-corrected chi connectivity index (χ2v) is 4.62. The van der Waals surface area contributed by atoms with E-state index in [9.17, 15) is 4.79 Å². The minimum absolute atomic E-state index is 0.00858. The standard InChI is InChI=1S/C15H24N2O3/c1-6-19-12-8-9-14(20-7-2)13(10-12)16-11(3)15(18)17(4)5/h8-11,16H,6-7H2,1-5H3. The molecule has 0 spiro atoms. The van der Waals surface area contributed by atoms with Gasteiger partial charge < -0.3 is 19.7 Å². The Morgan fingerprint density at radius 3 is 2.45 bits per heavy atom. The average Bonchev–Trinajstić information content (AvgIpc) is 2.41. The second kappa shape index (κ2) is 7.62. The molecule has 0 bridgehead atoms. The number of rotatable bonds is 7. The van der Waals surface area contributed by atoms with Crippen LogP contribution in [-0.2, 0) is 4.79 Å². The van der Waals surface area contributed by atoms with Gasteiger partial charge in [0, 0.05) is 20.2 Å². The monoisotopic (exact) mass is 280 g/mol. The fourth-order valence-electron chi connectivity index (χ4n) is 1.84. The molecule has 0 aliphatic rings. The van der Waals surface area contributed by atoms with Crippen molar-refractivity contribution in [3.63, 3.8) is 0 Å². The first-order valence-electron chi connectivity index (χ1n) is 6.86. The number of hydrogen-bond donors (Lipinski definition) is 1. The molecule has 0 fully saturated rings. The number of nitrogens with zero attached hydrogens (tertiary/aromatic N) is 1. The molecule has 0 heterocycles. The van der Waals surface area contributed by atoms with Crippen LogP contribution in [0, 0.1) is 0 Å². The summed E-state index contributed by atoms with van der Waals surface area (Å²) in [5, 5.41) is 3.18. The topological polar surface area (TPSA) is 50.8 Å². The van der Waals surface area contributed by atoms with Gasteiger partial charge in [0.1, 0.15) is 17.5 Å². The molecular weight excluding hydrogens is 256 g/mol. The summed E-state index contributed by atoms with van der Waals surface area (Å²) in [6, 6.07) is 5.23. The molecule has 1 amide bonds. The number of ether oxygens (including phenoxy) is 2. The van der Waals surface area contributed by atoms with E-state index >= 15 is 0 Å². The van der Waals surface area contributed by atoms with Gasteiger partial charge in [-0.1, -0.05) is 0 Å². The average molecular weight is 280 g/mol. The van der Waals surface area contributed by atoms with E-state index in [1.54, 1.807) is 19.0 Å². The van der Waals surface area contributed by atoms with E-state index in [1.807, 2.05) is 39.0 Å². The lowest BCUT2D eigenvalue weighted by Crippen LogP contribution is -2.36. The number of benzene rings is 1. The van der Waals surface area contributed by atoms with Gasteiger partial charge in [-0.05, 0) is 32.9 Å². The smallest absolute Gasteiger partial charge is 0.244 e. The van der Waals surface area contributed by atoms with Crippen LogP contribution in [0.3, 0.4) is 0 Å². The Morgan fingerprint density at radius 2 is 1.90 bits per heavy atom. The van der Waals surface area contributed by atoms with Crippen LogP contribution >= 0.6 is 0 Å². The van der Waals surface area contributed by atoms with Gasteiger partial charge in [0.05, 0.1) is 18.9 Å². The maximum absolute atomic E-state index is 11.9. The van der Waals surface area contributed by atoms with Crippen LogP contribution in [0.2, 0.25) is 0 Å². The highest BCUT2D eigenvalue weighted by Gasteiger charge is 2.16. The predicted octanol–water partition coefficient (Wildman–Crippen LogP) is 2.37. The lowest BCUT2D eigenvalue weighted by molar-refractivity contribution is -0.129. The van der Waals surface area contributed by atoms with E-state index in [-0.39, 0.29) is 11.9 Å². The van der Waals surface area contributed by atoms with E-state index in [2.05, 4.69) is 5.32 Å². The van der Waals surface area contributed by atoms with Crippen molar-refractivity contribution >= 4 is 11.6 Å². The second-order valence-electron chi connectivity index (χ2n) is 4.62. The minimum atomic E-state index is -0.332. The lowest BCUT2D eigenvalue weighted by Gasteiger charge is -2.21. The van der Waals surface area contributed by atoms with Gasteiger partial charge in [0.15, 0.2) is 0 Å². The molecule has 0 aliphatic carbocycles. The van der Waals surface area contributed by atoms with Crippen molar-refractivity contribution in [1.29, 1.82) is 0 Å². The number of nitrogens with one attached hydrogen (secondary N) is 1. The minimum Gasteiger partial charge on any atom is -0.494 e. The molecule has 1 aromatic rings. The van der Waals surface area contributed by atoms with Crippen LogP contribution in [0.15, 0.2) is 18.2 Å². The first kappa shape index (κ1) is 16.1. The van der Waals surface area contributed by atoms with Gasteiger partial charge in [-0.15, -0.1) is 0 Å². The zero-order valence-corrected chi connectivity index (χ0v) is 12.9.